The molecule has 0 aliphatic heterocycles. The van der Waals surface area contributed by atoms with Crippen LogP contribution in [0.15, 0.2) is 0 Å². The third-order valence-corrected chi connectivity index (χ3v) is 1.97. The topological polar surface area (TPSA) is 63.2 Å². The van der Waals surface area contributed by atoms with E-state index in [0.717, 1.165) is 0 Å². The molecule has 0 atom stereocenters. The Bertz CT molecular complexity index is 220. The van der Waals surface area contributed by atoms with Crippen LogP contribution < -0.4 is 5.32 Å². The molecule has 0 fully saturated rings. The Labute approximate surface area is 66.9 Å². The number of carbonyl (C=O) groups excluding carboxylic acids is 1. The molecular formula is C6H13NO3S. The standard InChI is InChI=1S/C6H13NO3S/c1-6(8)5-7-3-4-11(2,9)10/h7H,3-5H2,1-2H3. The molecule has 11 heavy (non-hydrogen) atoms. The van der Waals surface area contributed by atoms with E-state index >= 15 is 0 Å². The maximum atomic E-state index is 10.6. The molecule has 0 saturated carbocycles. The van der Waals surface area contributed by atoms with Crippen molar-refractivity contribution >= 4 is 15.6 Å². The number of ketones is 1. The van der Waals surface area contributed by atoms with Gasteiger partial charge in [0, 0.05) is 12.8 Å². The molecule has 66 valence electrons. The molecule has 0 radical (unpaired) electrons. The lowest BCUT2D eigenvalue weighted by Gasteiger charge is -1.99. The summed E-state index contributed by atoms with van der Waals surface area (Å²) in [4.78, 5) is 10.4. The summed E-state index contributed by atoms with van der Waals surface area (Å²) < 4.78 is 21.1. The van der Waals surface area contributed by atoms with Crippen LogP contribution in [-0.4, -0.2) is 39.3 Å². The monoisotopic (exact) mass is 179 g/mol. The van der Waals surface area contributed by atoms with Crippen molar-refractivity contribution in [1.82, 2.24) is 5.32 Å². The normalized spacial score (nSPS) is 11.5. The zero-order chi connectivity index (χ0) is 8.91. The van der Waals surface area contributed by atoms with Crippen LogP contribution in [0.2, 0.25) is 0 Å². The van der Waals surface area contributed by atoms with Crippen LogP contribution in [-0.2, 0) is 14.6 Å². The molecule has 0 amide bonds. The SMILES string of the molecule is CC(=O)CNCCS(C)(=O)=O. The first-order valence-corrected chi connectivity index (χ1v) is 5.36. The molecule has 0 aliphatic rings. The van der Waals surface area contributed by atoms with E-state index < -0.39 is 9.84 Å². The molecule has 0 spiro atoms. The van der Waals surface area contributed by atoms with Gasteiger partial charge in [0.05, 0.1) is 12.3 Å². The molecule has 0 rings (SSSR count). The van der Waals surface area contributed by atoms with E-state index in [1.807, 2.05) is 0 Å². The molecule has 0 saturated heterocycles. The predicted octanol–water partition coefficient (Wildman–Crippen LogP) is -0.790. The minimum absolute atomic E-state index is 0.0125. The van der Waals surface area contributed by atoms with Crippen LogP contribution in [0.5, 0.6) is 0 Å². The summed E-state index contributed by atoms with van der Waals surface area (Å²) in [6.45, 7) is 2.04. The number of carbonyl (C=O) groups is 1. The first-order valence-electron chi connectivity index (χ1n) is 3.30. The Morgan fingerprint density at radius 1 is 1.45 bits per heavy atom. The highest BCUT2D eigenvalue weighted by atomic mass is 32.2. The van der Waals surface area contributed by atoms with E-state index in [4.69, 9.17) is 0 Å². The second kappa shape index (κ2) is 4.46. The maximum Gasteiger partial charge on any atom is 0.148 e. The Hall–Kier alpha value is -0.420. The minimum Gasteiger partial charge on any atom is -0.309 e. The highest BCUT2D eigenvalue weighted by Gasteiger charge is 2.00. The van der Waals surface area contributed by atoms with Crippen molar-refractivity contribution in [3.8, 4) is 0 Å². The number of sulfone groups is 1. The number of hydrogen-bond acceptors (Lipinski definition) is 4. The molecule has 0 heterocycles. The highest BCUT2D eigenvalue weighted by molar-refractivity contribution is 7.90. The molecule has 0 aliphatic carbocycles. The lowest BCUT2D eigenvalue weighted by atomic mass is 10.4. The molecule has 0 unspecified atom stereocenters. The molecule has 1 N–H and O–H groups in total. The fourth-order valence-corrected chi connectivity index (χ4v) is 1.04. The zero-order valence-electron chi connectivity index (χ0n) is 6.75. The molecule has 0 aromatic heterocycles. The fourth-order valence-electron chi connectivity index (χ4n) is 0.522. The van der Waals surface area contributed by atoms with Crippen LogP contribution in [0.1, 0.15) is 6.92 Å². The average Bonchev–Trinajstić information content (AvgIpc) is 1.78. The molecular weight excluding hydrogens is 166 g/mol. The van der Waals surface area contributed by atoms with Gasteiger partial charge in [0.2, 0.25) is 0 Å². The van der Waals surface area contributed by atoms with Gasteiger partial charge >= 0.3 is 0 Å². The van der Waals surface area contributed by atoms with E-state index in [-0.39, 0.29) is 18.1 Å². The fraction of sp³-hybridized carbons (Fsp3) is 0.833. The Kier molecular flexibility index (Phi) is 4.29. The van der Waals surface area contributed by atoms with Gasteiger partial charge in [0.15, 0.2) is 0 Å². The van der Waals surface area contributed by atoms with E-state index in [2.05, 4.69) is 5.32 Å². The van der Waals surface area contributed by atoms with Crippen molar-refractivity contribution in [2.75, 3.05) is 25.1 Å². The highest BCUT2D eigenvalue weighted by Crippen LogP contribution is 1.78. The van der Waals surface area contributed by atoms with Gasteiger partial charge in [-0.1, -0.05) is 0 Å². The zero-order valence-corrected chi connectivity index (χ0v) is 7.57. The maximum absolute atomic E-state index is 10.6. The van der Waals surface area contributed by atoms with Gasteiger partial charge < -0.3 is 5.32 Å². The van der Waals surface area contributed by atoms with E-state index in [1.54, 1.807) is 0 Å². The van der Waals surface area contributed by atoms with Gasteiger partial charge in [-0.15, -0.1) is 0 Å². The Balaban J connectivity index is 3.37. The summed E-state index contributed by atoms with van der Waals surface area (Å²) in [5.41, 5.74) is 0. The second-order valence-corrected chi connectivity index (χ2v) is 4.77. The van der Waals surface area contributed by atoms with Gasteiger partial charge in [0.25, 0.3) is 0 Å². The summed E-state index contributed by atoms with van der Waals surface area (Å²) in [6, 6.07) is 0. The number of hydrogen-bond donors (Lipinski definition) is 1. The van der Waals surface area contributed by atoms with E-state index in [9.17, 15) is 13.2 Å². The largest absolute Gasteiger partial charge is 0.309 e. The first kappa shape index (κ1) is 10.6. The van der Waals surface area contributed by atoms with Crippen LogP contribution in [0.25, 0.3) is 0 Å². The number of Topliss-reactive ketones (excluding diaryl/α,β-unsaturated/α-hetero) is 1. The van der Waals surface area contributed by atoms with Crippen LogP contribution in [0.3, 0.4) is 0 Å². The van der Waals surface area contributed by atoms with Gasteiger partial charge in [-0.2, -0.15) is 0 Å². The van der Waals surface area contributed by atoms with Crippen molar-refractivity contribution in [1.29, 1.82) is 0 Å². The van der Waals surface area contributed by atoms with Crippen molar-refractivity contribution < 1.29 is 13.2 Å². The van der Waals surface area contributed by atoms with Crippen LogP contribution >= 0.6 is 0 Å². The van der Waals surface area contributed by atoms with Crippen molar-refractivity contribution in [2.24, 2.45) is 0 Å². The van der Waals surface area contributed by atoms with E-state index in [1.165, 1.54) is 13.2 Å². The molecule has 0 aromatic carbocycles. The minimum atomic E-state index is -2.90. The first-order chi connectivity index (χ1) is 4.92. The quantitative estimate of drug-likeness (QED) is 0.562. The molecule has 0 bridgehead atoms. The summed E-state index contributed by atoms with van der Waals surface area (Å²) in [5.74, 6) is 0.0961. The van der Waals surface area contributed by atoms with Gasteiger partial charge in [0.1, 0.15) is 15.6 Å². The average molecular weight is 179 g/mol. The Morgan fingerprint density at radius 2 is 2.00 bits per heavy atom. The summed E-state index contributed by atoms with van der Waals surface area (Å²) in [6.07, 6.45) is 1.17. The molecule has 0 aromatic rings. The van der Waals surface area contributed by atoms with Crippen molar-refractivity contribution in [3.63, 3.8) is 0 Å². The number of nitrogens with one attached hydrogen (secondary N) is 1. The predicted molar refractivity (Wildman–Crippen MR) is 43.3 cm³/mol. The van der Waals surface area contributed by atoms with Crippen molar-refractivity contribution in [2.45, 2.75) is 6.92 Å². The second-order valence-electron chi connectivity index (χ2n) is 2.51. The lowest BCUT2D eigenvalue weighted by molar-refractivity contribution is -0.116. The van der Waals surface area contributed by atoms with Gasteiger partial charge in [-0.05, 0) is 6.92 Å². The third-order valence-electron chi connectivity index (χ3n) is 1.02. The van der Waals surface area contributed by atoms with Crippen LogP contribution in [0.4, 0.5) is 0 Å². The van der Waals surface area contributed by atoms with Gasteiger partial charge in [-0.25, -0.2) is 8.42 Å². The summed E-state index contributed by atoms with van der Waals surface area (Å²) in [5, 5.41) is 2.71. The van der Waals surface area contributed by atoms with Gasteiger partial charge in [-0.3, -0.25) is 4.79 Å². The third kappa shape index (κ3) is 9.58. The molecule has 5 heteroatoms. The Morgan fingerprint density at radius 3 is 2.36 bits per heavy atom. The smallest absolute Gasteiger partial charge is 0.148 e. The number of rotatable bonds is 5. The lowest BCUT2D eigenvalue weighted by Crippen LogP contribution is -2.26. The summed E-state index contributed by atoms with van der Waals surface area (Å²) >= 11 is 0. The van der Waals surface area contributed by atoms with Crippen LogP contribution in [0, 0.1) is 0 Å². The summed E-state index contributed by atoms with van der Waals surface area (Å²) in [7, 11) is -2.90. The molecule has 4 nitrogen and oxygen atoms in total. The van der Waals surface area contributed by atoms with Crippen molar-refractivity contribution in [3.05, 3.63) is 0 Å². The van der Waals surface area contributed by atoms with E-state index in [0.29, 0.717) is 6.54 Å².